The molecule has 1 fully saturated rings. The summed E-state index contributed by atoms with van der Waals surface area (Å²) in [5.74, 6) is 0.902. The van der Waals surface area contributed by atoms with Gasteiger partial charge >= 0.3 is 6.03 Å². The summed E-state index contributed by atoms with van der Waals surface area (Å²) in [4.78, 5) is 12.1. The maximum Gasteiger partial charge on any atom is 0.314 e. The summed E-state index contributed by atoms with van der Waals surface area (Å²) in [6.45, 7) is 10.4. The number of amides is 2. The minimum atomic E-state index is -0.291. The van der Waals surface area contributed by atoms with Crippen LogP contribution in [0.5, 0.6) is 0 Å². The van der Waals surface area contributed by atoms with Crippen LogP contribution in [0.25, 0.3) is 0 Å². The summed E-state index contributed by atoms with van der Waals surface area (Å²) in [7, 11) is 0. The average molecular weight is 393 g/mol. The van der Waals surface area contributed by atoms with E-state index in [1.807, 2.05) is 6.92 Å². The lowest BCUT2D eigenvalue weighted by Gasteiger charge is -2.52. The fourth-order valence-corrected chi connectivity index (χ4v) is 6.48. The standard InChI is InChI=1S/C23H40N2O3/c1-5-24-21(28)25-13-18-17-9-10-22(2,3)19(17)6-7-20(18)23(4)11-8-16(27)12-15(23)14-26/h15-16,18,20,26-27H,5-14H2,1-4H3,(H2,24,25,28). The van der Waals surface area contributed by atoms with E-state index in [1.54, 1.807) is 11.1 Å². The van der Waals surface area contributed by atoms with Crippen molar-refractivity contribution in [3.8, 4) is 0 Å². The summed E-state index contributed by atoms with van der Waals surface area (Å²) < 4.78 is 0. The number of hydrogen-bond acceptors (Lipinski definition) is 3. The molecule has 2 amide bonds. The van der Waals surface area contributed by atoms with Crippen LogP contribution >= 0.6 is 0 Å². The molecule has 3 aliphatic carbocycles. The van der Waals surface area contributed by atoms with E-state index >= 15 is 0 Å². The summed E-state index contributed by atoms with van der Waals surface area (Å²) in [5, 5.41) is 26.3. The Hall–Kier alpha value is -1.07. The van der Waals surface area contributed by atoms with Crippen LogP contribution in [0.15, 0.2) is 11.1 Å². The Morgan fingerprint density at radius 1 is 1.14 bits per heavy atom. The second kappa shape index (κ2) is 8.35. The van der Waals surface area contributed by atoms with Crippen LogP contribution in [0.1, 0.15) is 72.6 Å². The molecule has 0 aromatic rings. The number of allylic oxidation sites excluding steroid dienone is 1. The number of urea groups is 1. The molecule has 0 aromatic heterocycles. The van der Waals surface area contributed by atoms with E-state index in [1.165, 1.54) is 6.42 Å². The van der Waals surface area contributed by atoms with E-state index in [-0.39, 0.29) is 35.5 Å². The molecule has 3 aliphatic rings. The highest BCUT2D eigenvalue weighted by molar-refractivity contribution is 5.73. The zero-order chi connectivity index (χ0) is 20.5. The lowest BCUT2D eigenvalue weighted by molar-refractivity contribution is -0.0580. The highest BCUT2D eigenvalue weighted by Crippen LogP contribution is 2.59. The summed E-state index contributed by atoms with van der Waals surface area (Å²) in [6, 6.07) is -0.0887. The second-order valence-electron chi connectivity index (χ2n) is 10.2. The van der Waals surface area contributed by atoms with Crippen LogP contribution in [0.4, 0.5) is 4.79 Å². The van der Waals surface area contributed by atoms with Crippen molar-refractivity contribution < 1.29 is 15.0 Å². The molecule has 0 saturated heterocycles. The van der Waals surface area contributed by atoms with Gasteiger partial charge in [-0.05, 0) is 74.5 Å². The van der Waals surface area contributed by atoms with Crippen molar-refractivity contribution in [1.82, 2.24) is 10.6 Å². The first kappa shape index (κ1) is 21.6. The highest BCUT2D eigenvalue weighted by Gasteiger charge is 2.51. The molecule has 28 heavy (non-hydrogen) atoms. The van der Waals surface area contributed by atoms with Gasteiger partial charge in [0.25, 0.3) is 0 Å². The van der Waals surface area contributed by atoms with Crippen molar-refractivity contribution >= 4 is 6.03 Å². The van der Waals surface area contributed by atoms with Crippen LogP contribution in [-0.2, 0) is 0 Å². The maximum atomic E-state index is 12.1. The van der Waals surface area contributed by atoms with Crippen molar-refractivity contribution in [3.63, 3.8) is 0 Å². The molecule has 0 radical (unpaired) electrons. The predicted octanol–water partition coefficient (Wildman–Crippen LogP) is 3.61. The van der Waals surface area contributed by atoms with E-state index in [4.69, 9.17) is 0 Å². The second-order valence-corrected chi connectivity index (χ2v) is 10.2. The van der Waals surface area contributed by atoms with Crippen molar-refractivity contribution in [2.75, 3.05) is 19.7 Å². The summed E-state index contributed by atoms with van der Waals surface area (Å²) in [5.41, 5.74) is 3.46. The zero-order valence-corrected chi connectivity index (χ0v) is 18.2. The van der Waals surface area contributed by atoms with Crippen molar-refractivity contribution in [2.45, 2.75) is 78.7 Å². The Morgan fingerprint density at radius 3 is 2.57 bits per heavy atom. The molecule has 5 nitrogen and oxygen atoms in total. The molecule has 0 aliphatic heterocycles. The van der Waals surface area contributed by atoms with E-state index in [0.717, 1.165) is 32.1 Å². The smallest absolute Gasteiger partial charge is 0.314 e. The van der Waals surface area contributed by atoms with Crippen molar-refractivity contribution in [1.29, 1.82) is 0 Å². The van der Waals surface area contributed by atoms with Crippen molar-refractivity contribution in [2.24, 2.45) is 28.6 Å². The number of carbonyl (C=O) groups is 1. The zero-order valence-electron chi connectivity index (χ0n) is 18.2. The third kappa shape index (κ3) is 3.97. The van der Waals surface area contributed by atoms with Crippen LogP contribution in [0, 0.1) is 28.6 Å². The quantitative estimate of drug-likeness (QED) is 0.540. The maximum absolute atomic E-state index is 12.1. The van der Waals surface area contributed by atoms with Gasteiger partial charge in [-0.1, -0.05) is 31.9 Å². The van der Waals surface area contributed by atoms with Gasteiger partial charge in [0.05, 0.1) is 6.10 Å². The van der Waals surface area contributed by atoms with E-state index in [2.05, 4.69) is 31.4 Å². The van der Waals surface area contributed by atoms with Crippen molar-refractivity contribution in [3.05, 3.63) is 11.1 Å². The number of nitrogens with one attached hydrogen (secondary N) is 2. The van der Waals surface area contributed by atoms with Gasteiger partial charge in [0.1, 0.15) is 0 Å². The van der Waals surface area contributed by atoms with Gasteiger partial charge in [-0.15, -0.1) is 0 Å². The predicted molar refractivity (Wildman–Crippen MR) is 112 cm³/mol. The monoisotopic (exact) mass is 392 g/mol. The lowest BCUT2D eigenvalue weighted by Crippen LogP contribution is -2.50. The van der Waals surface area contributed by atoms with Gasteiger partial charge < -0.3 is 20.8 Å². The fourth-order valence-electron chi connectivity index (χ4n) is 6.48. The summed E-state index contributed by atoms with van der Waals surface area (Å²) in [6.07, 6.45) is 6.75. The van der Waals surface area contributed by atoms with Gasteiger partial charge in [0.15, 0.2) is 0 Å². The molecular weight excluding hydrogens is 352 g/mol. The van der Waals surface area contributed by atoms with E-state index in [0.29, 0.717) is 31.3 Å². The Labute approximate surface area is 170 Å². The van der Waals surface area contributed by atoms with Gasteiger partial charge in [-0.25, -0.2) is 4.79 Å². The Kier molecular flexibility index (Phi) is 6.45. The van der Waals surface area contributed by atoms with Crippen LogP contribution in [0.2, 0.25) is 0 Å². The number of rotatable bonds is 5. The first-order chi connectivity index (χ1) is 13.2. The molecule has 0 aromatic carbocycles. The fraction of sp³-hybridized carbons (Fsp3) is 0.870. The molecule has 4 N–H and O–H groups in total. The lowest BCUT2D eigenvalue weighted by atomic mass is 9.53. The summed E-state index contributed by atoms with van der Waals surface area (Å²) >= 11 is 0. The third-order valence-corrected chi connectivity index (χ3v) is 8.26. The van der Waals surface area contributed by atoms with Crippen LogP contribution < -0.4 is 10.6 Å². The number of aliphatic hydroxyl groups excluding tert-OH is 2. The largest absolute Gasteiger partial charge is 0.396 e. The Balaban J connectivity index is 1.89. The minimum absolute atomic E-state index is 0.00677. The first-order valence-corrected chi connectivity index (χ1v) is 11.3. The van der Waals surface area contributed by atoms with Gasteiger partial charge in [0, 0.05) is 25.6 Å². The van der Waals surface area contributed by atoms with Crippen LogP contribution in [0.3, 0.4) is 0 Å². The number of aliphatic hydroxyl groups is 2. The Morgan fingerprint density at radius 2 is 1.89 bits per heavy atom. The molecule has 5 unspecified atom stereocenters. The van der Waals surface area contributed by atoms with Gasteiger partial charge in [-0.3, -0.25) is 0 Å². The average Bonchev–Trinajstić information content (AvgIpc) is 2.97. The topological polar surface area (TPSA) is 81.6 Å². The molecule has 0 heterocycles. The van der Waals surface area contributed by atoms with E-state index in [9.17, 15) is 15.0 Å². The molecular formula is C23H40N2O3. The number of carbonyl (C=O) groups excluding carboxylic acids is 1. The molecule has 0 bridgehead atoms. The Bertz CT molecular complexity index is 615. The molecule has 5 atom stereocenters. The SMILES string of the molecule is CCNC(=O)NCC1C2=C(CCC1C1(C)CCC(O)CC1CO)C(C)(C)CC2. The molecule has 5 heteroatoms. The third-order valence-electron chi connectivity index (χ3n) is 8.26. The first-order valence-electron chi connectivity index (χ1n) is 11.3. The molecule has 1 saturated carbocycles. The number of hydrogen-bond donors (Lipinski definition) is 4. The van der Waals surface area contributed by atoms with E-state index < -0.39 is 0 Å². The minimum Gasteiger partial charge on any atom is -0.396 e. The van der Waals surface area contributed by atoms with Gasteiger partial charge in [0.2, 0.25) is 0 Å². The normalized spacial score (nSPS) is 37.5. The van der Waals surface area contributed by atoms with Gasteiger partial charge in [-0.2, -0.15) is 0 Å². The molecule has 3 rings (SSSR count). The molecule has 160 valence electrons. The highest BCUT2D eigenvalue weighted by atomic mass is 16.3. The molecule has 0 spiro atoms. The van der Waals surface area contributed by atoms with Crippen LogP contribution in [-0.4, -0.2) is 42.0 Å².